The number of likely N-dealkylation sites (tertiary alicyclic amines) is 3. The molecule has 9 amide bonds. The maximum absolute atomic E-state index is 15.4. The Morgan fingerprint density at radius 1 is 0.554 bits per heavy atom. The lowest BCUT2D eigenvalue weighted by atomic mass is 9.84. The van der Waals surface area contributed by atoms with E-state index in [2.05, 4.69) is 41.6 Å². The van der Waals surface area contributed by atoms with E-state index in [-0.39, 0.29) is 127 Å². The Morgan fingerprint density at radius 2 is 1.13 bits per heavy atom. The lowest BCUT2D eigenvalue weighted by Crippen LogP contribution is -2.63. The number of aliphatic imine (C=N–C) groups is 3. The molecule has 11 unspecified atom stereocenters. The molecule has 92 heavy (non-hydrogen) atoms. The first-order chi connectivity index (χ1) is 44.1. The number of rotatable bonds is 30. The van der Waals surface area contributed by atoms with Gasteiger partial charge >= 0.3 is 5.97 Å². The van der Waals surface area contributed by atoms with E-state index >= 15 is 9.59 Å². The number of aliphatic hydroxyl groups is 1. The summed E-state index contributed by atoms with van der Waals surface area (Å²) in [6.07, 6.45) is 5.79. The molecule has 31 heteroatoms. The molecule has 11 atom stereocenters. The molecule has 502 valence electrons. The normalized spacial score (nSPS) is 21.5. The first-order valence-electron chi connectivity index (χ1n) is 31.6. The van der Waals surface area contributed by atoms with Crippen LogP contribution in [0.5, 0.6) is 0 Å². The van der Waals surface area contributed by atoms with Gasteiger partial charge < -0.3 is 96.5 Å². The number of aliphatic hydroxyl groups excluding tert-OH is 1. The minimum Gasteiger partial charge on any atom is -0.480 e. The third-order valence-electron chi connectivity index (χ3n) is 17.7. The Balaban J connectivity index is 1.02. The summed E-state index contributed by atoms with van der Waals surface area (Å²) in [6, 6.07) is 4.71. The zero-order valence-corrected chi connectivity index (χ0v) is 51.9. The topological polar surface area (TPSA) is 503 Å². The van der Waals surface area contributed by atoms with Gasteiger partial charge in [-0.25, -0.2) is 4.79 Å². The summed E-state index contributed by atoms with van der Waals surface area (Å²) in [6.45, 7) is -0.784. The highest BCUT2D eigenvalue weighted by Crippen LogP contribution is 2.41. The van der Waals surface area contributed by atoms with Gasteiger partial charge in [0, 0.05) is 58.2 Å². The molecule has 1 aliphatic carbocycles. The van der Waals surface area contributed by atoms with E-state index in [1.54, 1.807) is 48.5 Å². The predicted molar refractivity (Wildman–Crippen MR) is 338 cm³/mol. The quantitative estimate of drug-likeness (QED) is 0.0201. The standard InChI is InChI=1S/C61H91N19O12/c62-39(18-8-24-69-59(63)64)50(83)74-40(19-9-25-70-60(65)66)54(87)78-28-12-23-46(78)56(89)77-27-11-22-45(77)52(85)72-32-49(82)73-42(29-35-13-2-1-3-14-35)51(84)76-43(34-81)55(88)79-33-38-17-5-4-15-36(38)30-48(79)57(90)80-44-21-7-6-16-37(44)31-47(80)53(86)75-41(58(91)92)20-10-26-71-61(67)68/h1-5,13-15,17,37,39-48,81H,6-12,16,18-34,62H2,(H,72,85)(H,73,82)(H,74,83)(H,75,86)(H,76,84)(H,91,92)(H4,63,64,69)(H4,65,66,70)(H4,67,68,71). The smallest absolute Gasteiger partial charge is 0.326 e. The van der Waals surface area contributed by atoms with Crippen molar-refractivity contribution in [2.45, 2.75) is 176 Å². The number of carboxylic acid groups (broad SMARTS) is 1. The maximum atomic E-state index is 15.4. The van der Waals surface area contributed by atoms with Gasteiger partial charge in [-0.3, -0.25) is 58.1 Å². The molecule has 4 heterocycles. The second-order valence-electron chi connectivity index (χ2n) is 24.1. The van der Waals surface area contributed by atoms with E-state index in [0.29, 0.717) is 43.2 Å². The van der Waals surface area contributed by atoms with Gasteiger partial charge in [-0.15, -0.1) is 0 Å². The van der Waals surface area contributed by atoms with Gasteiger partial charge in [-0.1, -0.05) is 67.4 Å². The zero-order chi connectivity index (χ0) is 66.6. The van der Waals surface area contributed by atoms with Crippen molar-refractivity contribution in [2.75, 3.05) is 45.9 Å². The third-order valence-corrected chi connectivity index (χ3v) is 17.7. The van der Waals surface area contributed by atoms with E-state index in [4.69, 9.17) is 40.1 Å². The third kappa shape index (κ3) is 19.0. The highest BCUT2D eigenvalue weighted by atomic mass is 16.4. The number of hydrogen-bond acceptors (Lipinski definition) is 15. The second-order valence-corrected chi connectivity index (χ2v) is 24.1. The SMILES string of the molecule is NC(N)=NCCCC(N)C(=O)NC(CCCN=C(N)N)C(=O)N1CCCC1C(=O)N1CCCC1C(=O)NCC(=O)NC(Cc1ccccc1)C(=O)NC(CO)C(=O)N1Cc2ccccc2CC1C(=O)N1C(C(=O)NC(CCCN=C(N)N)C(=O)O)CC2CCCCC21. The molecule has 4 fully saturated rings. The summed E-state index contributed by atoms with van der Waals surface area (Å²) in [4.78, 5) is 159. The van der Waals surface area contributed by atoms with Crippen molar-refractivity contribution in [2.24, 2.45) is 61.0 Å². The Kier molecular flexibility index (Phi) is 25.8. The van der Waals surface area contributed by atoms with Gasteiger partial charge in [-0.2, -0.15) is 0 Å². The van der Waals surface area contributed by atoms with Crippen LogP contribution in [0.2, 0.25) is 0 Å². The average Bonchev–Trinajstić information content (AvgIpc) is 1.49. The van der Waals surface area contributed by atoms with Crippen LogP contribution in [-0.2, 0) is 67.3 Å². The number of carbonyl (C=O) groups excluding carboxylic acids is 9. The van der Waals surface area contributed by atoms with Gasteiger partial charge in [-0.05, 0) is 106 Å². The van der Waals surface area contributed by atoms with Crippen LogP contribution in [0.1, 0.15) is 113 Å². The first kappa shape index (κ1) is 70.3. The van der Waals surface area contributed by atoms with E-state index in [9.17, 15) is 48.6 Å². The molecule has 2 aromatic carbocycles. The Labute approximate surface area is 533 Å². The second kappa shape index (κ2) is 33.8. The Morgan fingerprint density at radius 3 is 1.77 bits per heavy atom. The van der Waals surface area contributed by atoms with Crippen LogP contribution in [0.4, 0.5) is 0 Å². The highest BCUT2D eigenvalue weighted by Gasteiger charge is 2.52. The fraction of sp³-hybridized carbons (Fsp3) is 0.590. The number of aliphatic carboxylic acids is 1. The largest absolute Gasteiger partial charge is 0.480 e. The Hall–Kier alpha value is -9.13. The number of hydrogen-bond donors (Lipinski definition) is 14. The number of nitrogens with two attached hydrogens (primary N) is 7. The number of fused-ring (bicyclic) bond motifs is 2. The molecule has 3 saturated heterocycles. The van der Waals surface area contributed by atoms with Crippen LogP contribution in [0.25, 0.3) is 0 Å². The highest BCUT2D eigenvalue weighted by molar-refractivity contribution is 5.99. The molecule has 0 bridgehead atoms. The van der Waals surface area contributed by atoms with E-state index < -0.39 is 127 Å². The molecule has 5 aliphatic rings. The minimum absolute atomic E-state index is 0.00619. The van der Waals surface area contributed by atoms with Crippen LogP contribution in [0, 0.1) is 5.92 Å². The van der Waals surface area contributed by atoms with Crippen molar-refractivity contribution in [3.8, 4) is 0 Å². The molecule has 4 aliphatic heterocycles. The van der Waals surface area contributed by atoms with Crippen molar-refractivity contribution in [3.05, 3.63) is 71.3 Å². The predicted octanol–water partition coefficient (Wildman–Crippen LogP) is -4.06. The summed E-state index contributed by atoms with van der Waals surface area (Å²) < 4.78 is 0. The van der Waals surface area contributed by atoms with Crippen LogP contribution in [0.3, 0.4) is 0 Å². The van der Waals surface area contributed by atoms with E-state index in [0.717, 1.165) is 24.8 Å². The number of amides is 9. The van der Waals surface area contributed by atoms with E-state index in [1.165, 1.54) is 19.6 Å². The zero-order valence-electron chi connectivity index (χ0n) is 51.9. The fourth-order valence-corrected chi connectivity index (χ4v) is 13.1. The molecule has 31 nitrogen and oxygen atoms in total. The Bertz CT molecular complexity index is 3050. The van der Waals surface area contributed by atoms with Crippen LogP contribution in [-0.4, -0.2) is 213 Å². The molecule has 0 radical (unpaired) electrons. The minimum atomic E-state index is -1.65. The fourth-order valence-electron chi connectivity index (χ4n) is 13.1. The molecule has 1 saturated carbocycles. The molecular weight excluding hydrogens is 1190 g/mol. The summed E-state index contributed by atoms with van der Waals surface area (Å²) in [5.41, 5.74) is 41.0. The van der Waals surface area contributed by atoms with Crippen LogP contribution < -0.4 is 66.7 Å². The lowest BCUT2D eigenvalue weighted by Gasteiger charge is -2.42. The summed E-state index contributed by atoms with van der Waals surface area (Å²) in [7, 11) is 0. The molecule has 21 N–H and O–H groups in total. The first-order valence-corrected chi connectivity index (χ1v) is 31.6. The van der Waals surface area contributed by atoms with Crippen molar-refractivity contribution in [1.82, 2.24) is 46.2 Å². The van der Waals surface area contributed by atoms with Crippen molar-refractivity contribution < 1.29 is 58.2 Å². The van der Waals surface area contributed by atoms with Crippen LogP contribution >= 0.6 is 0 Å². The summed E-state index contributed by atoms with van der Waals surface area (Å²) >= 11 is 0. The van der Waals surface area contributed by atoms with Gasteiger partial charge in [0.15, 0.2) is 17.9 Å². The molecule has 0 spiro atoms. The number of nitrogens with zero attached hydrogens (tertiary/aromatic N) is 7. The maximum Gasteiger partial charge on any atom is 0.326 e. The van der Waals surface area contributed by atoms with Crippen molar-refractivity contribution >= 4 is 77.0 Å². The van der Waals surface area contributed by atoms with Gasteiger partial charge in [0.1, 0.15) is 48.3 Å². The lowest BCUT2D eigenvalue weighted by molar-refractivity contribution is -0.153. The van der Waals surface area contributed by atoms with Crippen LogP contribution in [0.15, 0.2) is 69.6 Å². The number of guanidine groups is 3. The number of nitrogens with one attached hydrogen (secondary N) is 5. The number of carboxylic acids is 1. The summed E-state index contributed by atoms with van der Waals surface area (Å²) in [5, 5.41) is 34.4. The van der Waals surface area contributed by atoms with Gasteiger partial charge in [0.05, 0.1) is 19.2 Å². The number of benzene rings is 2. The van der Waals surface area contributed by atoms with Crippen molar-refractivity contribution in [3.63, 3.8) is 0 Å². The monoisotopic (exact) mass is 1280 g/mol. The number of carbonyl (C=O) groups is 10. The van der Waals surface area contributed by atoms with E-state index in [1.807, 2.05) is 6.07 Å². The molecular formula is C61H91N19O12. The van der Waals surface area contributed by atoms with Gasteiger partial charge in [0.25, 0.3) is 0 Å². The molecule has 0 aromatic heterocycles. The van der Waals surface area contributed by atoms with Gasteiger partial charge in [0.2, 0.25) is 53.2 Å². The average molecular weight is 1280 g/mol. The summed E-state index contributed by atoms with van der Waals surface area (Å²) in [5.74, 6) is -7.76. The molecule has 7 rings (SSSR count). The molecule has 2 aromatic rings. The van der Waals surface area contributed by atoms with Crippen molar-refractivity contribution in [1.29, 1.82) is 0 Å².